The molecule has 0 aliphatic rings. The minimum atomic E-state index is 0.649. The molecule has 0 saturated heterocycles. The summed E-state index contributed by atoms with van der Waals surface area (Å²) in [7, 11) is 0. The van der Waals surface area contributed by atoms with E-state index in [1.807, 2.05) is 55.5 Å². The van der Waals surface area contributed by atoms with Crippen LogP contribution in [0.25, 0.3) is 5.70 Å². The second kappa shape index (κ2) is 6.21. The van der Waals surface area contributed by atoms with Crippen molar-refractivity contribution in [1.29, 1.82) is 5.26 Å². The fourth-order valence-corrected chi connectivity index (χ4v) is 2.03. The maximum Gasteiger partial charge on any atom is 0.0992 e. The molecule has 0 bridgehead atoms. The molecule has 94 valence electrons. The van der Waals surface area contributed by atoms with Crippen molar-refractivity contribution in [3.63, 3.8) is 0 Å². The van der Waals surface area contributed by atoms with Crippen LogP contribution in [0.4, 0.5) is 5.69 Å². The first-order valence-electron chi connectivity index (χ1n) is 5.92. The molecule has 2 aromatic carbocycles. The van der Waals surface area contributed by atoms with Crippen LogP contribution in [0.3, 0.4) is 0 Å². The molecule has 0 saturated carbocycles. The molecule has 19 heavy (non-hydrogen) atoms. The molecule has 0 atom stereocenters. The van der Waals surface area contributed by atoms with Crippen LogP contribution >= 0.6 is 15.9 Å². The Morgan fingerprint density at radius 3 is 2.58 bits per heavy atom. The summed E-state index contributed by atoms with van der Waals surface area (Å²) in [5, 5.41) is 12.2. The first-order valence-corrected chi connectivity index (χ1v) is 6.71. The number of hydrogen-bond acceptors (Lipinski definition) is 2. The van der Waals surface area contributed by atoms with E-state index in [1.165, 1.54) is 0 Å². The smallest absolute Gasteiger partial charge is 0.0992 e. The first-order chi connectivity index (χ1) is 9.22. The number of anilines is 1. The topological polar surface area (TPSA) is 35.8 Å². The zero-order valence-electron chi connectivity index (χ0n) is 10.5. The summed E-state index contributed by atoms with van der Waals surface area (Å²) in [6.07, 6.45) is 2.02. The lowest BCUT2D eigenvalue weighted by atomic mass is 10.1. The van der Waals surface area contributed by atoms with Crippen molar-refractivity contribution >= 4 is 27.3 Å². The zero-order valence-corrected chi connectivity index (χ0v) is 12.1. The second-order valence-electron chi connectivity index (χ2n) is 4.03. The average Bonchev–Trinajstić information content (AvgIpc) is 2.46. The van der Waals surface area contributed by atoms with Gasteiger partial charge < -0.3 is 5.32 Å². The van der Waals surface area contributed by atoms with Gasteiger partial charge in [0.1, 0.15) is 0 Å². The fourth-order valence-electron chi connectivity index (χ4n) is 1.76. The zero-order chi connectivity index (χ0) is 13.7. The summed E-state index contributed by atoms with van der Waals surface area (Å²) >= 11 is 3.43. The van der Waals surface area contributed by atoms with E-state index in [0.717, 1.165) is 21.4 Å². The standard InChI is InChI=1S/C16H13BrN2/c1-2-16(13-6-8-14(17)9-7-13)19-15-5-3-4-12(10-15)11-18/h2-10,19H,1H3/b16-2+. The number of allylic oxidation sites excluding steroid dienone is 1. The van der Waals surface area contributed by atoms with Crippen LogP contribution in [-0.4, -0.2) is 0 Å². The third-order valence-corrected chi connectivity index (χ3v) is 3.24. The number of halogens is 1. The van der Waals surface area contributed by atoms with Crippen molar-refractivity contribution < 1.29 is 0 Å². The Hall–Kier alpha value is -2.05. The summed E-state index contributed by atoms with van der Waals surface area (Å²) in [5.74, 6) is 0. The van der Waals surface area contributed by atoms with Crippen LogP contribution in [0.15, 0.2) is 59.1 Å². The third-order valence-electron chi connectivity index (χ3n) is 2.71. The molecule has 0 radical (unpaired) electrons. The summed E-state index contributed by atoms with van der Waals surface area (Å²) in [6, 6.07) is 17.7. The Morgan fingerprint density at radius 2 is 1.95 bits per heavy atom. The van der Waals surface area contributed by atoms with Gasteiger partial charge in [-0.1, -0.05) is 40.2 Å². The highest BCUT2D eigenvalue weighted by atomic mass is 79.9. The minimum absolute atomic E-state index is 0.649. The van der Waals surface area contributed by atoms with Crippen LogP contribution in [-0.2, 0) is 0 Å². The second-order valence-corrected chi connectivity index (χ2v) is 4.94. The number of hydrogen-bond donors (Lipinski definition) is 1. The molecule has 0 fully saturated rings. The normalized spacial score (nSPS) is 10.9. The third kappa shape index (κ3) is 3.46. The van der Waals surface area contributed by atoms with E-state index in [-0.39, 0.29) is 0 Å². The number of nitrogens with zero attached hydrogens (tertiary/aromatic N) is 1. The van der Waals surface area contributed by atoms with Crippen molar-refractivity contribution in [3.05, 3.63) is 70.2 Å². The Kier molecular flexibility index (Phi) is 4.38. The first kappa shape index (κ1) is 13.4. The largest absolute Gasteiger partial charge is 0.355 e. The molecule has 0 amide bonds. The van der Waals surface area contributed by atoms with Crippen LogP contribution in [0.1, 0.15) is 18.1 Å². The monoisotopic (exact) mass is 312 g/mol. The highest BCUT2D eigenvalue weighted by molar-refractivity contribution is 9.10. The number of nitriles is 1. The number of rotatable bonds is 3. The maximum absolute atomic E-state index is 8.90. The molecule has 0 spiro atoms. The van der Waals surface area contributed by atoms with Gasteiger partial charge in [0.25, 0.3) is 0 Å². The maximum atomic E-state index is 8.90. The molecule has 0 aliphatic carbocycles. The molecule has 0 aliphatic heterocycles. The van der Waals surface area contributed by atoms with Crippen LogP contribution in [0, 0.1) is 11.3 Å². The highest BCUT2D eigenvalue weighted by Gasteiger charge is 2.02. The lowest BCUT2D eigenvalue weighted by Crippen LogP contribution is -1.98. The van der Waals surface area contributed by atoms with Gasteiger partial charge in [-0.25, -0.2) is 0 Å². The molecule has 2 rings (SSSR count). The van der Waals surface area contributed by atoms with Crippen molar-refractivity contribution in [1.82, 2.24) is 0 Å². The van der Waals surface area contributed by atoms with E-state index in [9.17, 15) is 0 Å². The Balaban J connectivity index is 2.25. The van der Waals surface area contributed by atoms with Gasteiger partial charge >= 0.3 is 0 Å². The van der Waals surface area contributed by atoms with Gasteiger partial charge in [-0.15, -0.1) is 0 Å². The van der Waals surface area contributed by atoms with E-state index in [1.54, 1.807) is 6.07 Å². The van der Waals surface area contributed by atoms with Crippen LogP contribution < -0.4 is 5.32 Å². The van der Waals surface area contributed by atoms with Gasteiger partial charge in [0.15, 0.2) is 0 Å². The number of nitrogens with one attached hydrogen (secondary N) is 1. The molecule has 0 unspecified atom stereocenters. The van der Waals surface area contributed by atoms with Gasteiger partial charge in [-0.2, -0.15) is 5.26 Å². The van der Waals surface area contributed by atoms with Gasteiger partial charge in [-0.05, 0) is 42.8 Å². The molecule has 0 aromatic heterocycles. The van der Waals surface area contributed by atoms with E-state index in [0.29, 0.717) is 5.56 Å². The van der Waals surface area contributed by atoms with E-state index < -0.39 is 0 Å². The molecule has 0 heterocycles. The molecule has 1 N–H and O–H groups in total. The predicted octanol–water partition coefficient (Wildman–Crippen LogP) is 4.79. The van der Waals surface area contributed by atoms with Crippen molar-refractivity contribution in [3.8, 4) is 6.07 Å². The van der Waals surface area contributed by atoms with Gasteiger partial charge in [-0.3, -0.25) is 0 Å². The summed E-state index contributed by atoms with van der Waals surface area (Å²) in [4.78, 5) is 0. The van der Waals surface area contributed by atoms with Gasteiger partial charge in [0, 0.05) is 15.9 Å². The Morgan fingerprint density at radius 1 is 1.21 bits per heavy atom. The molecule has 2 aromatic rings. The molecular weight excluding hydrogens is 300 g/mol. The molecule has 2 nitrogen and oxygen atoms in total. The lowest BCUT2D eigenvalue weighted by molar-refractivity contribution is 1.46. The van der Waals surface area contributed by atoms with Gasteiger partial charge in [0.2, 0.25) is 0 Å². The SMILES string of the molecule is C/C=C(/Nc1cccc(C#N)c1)c1ccc(Br)cc1. The quantitative estimate of drug-likeness (QED) is 0.884. The van der Waals surface area contributed by atoms with E-state index in [2.05, 4.69) is 27.3 Å². The summed E-state index contributed by atoms with van der Waals surface area (Å²) < 4.78 is 1.05. The minimum Gasteiger partial charge on any atom is -0.355 e. The Bertz CT molecular complexity index is 637. The summed E-state index contributed by atoms with van der Waals surface area (Å²) in [6.45, 7) is 1.98. The van der Waals surface area contributed by atoms with Crippen molar-refractivity contribution in [2.24, 2.45) is 0 Å². The predicted molar refractivity (Wildman–Crippen MR) is 82.6 cm³/mol. The average molecular weight is 313 g/mol. The van der Waals surface area contributed by atoms with Gasteiger partial charge in [0.05, 0.1) is 11.6 Å². The highest BCUT2D eigenvalue weighted by Crippen LogP contribution is 2.21. The molecular formula is C16H13BrN2. The van der Waals surface area contributed by atoms with Crippen LogP contribution in [0.2, 0.25) is 0 Å². The fraction of sp³-hybridized carbons (Fsp3) is 0.0625. The lowest BCUT2D eigenvalue weighted by Gasteiger charge is -2.11. The van der Waals surface area contributed by atoms with Crippen LogP contribution in [0.5, 0.6) is 0 Å². The molecule has 3 heteroatoms. The van der Waals surface area contributed by atoms with Crippen molar-refractivity contribution in [2.45, 2.75) is 6.92 Å². The van der Waals surface area contributed by atoms with Crippen molar-refractivity contribution in [2.75, 3.05) is 5.32 Å². The Labute approximate surface area is 121 Å². The number of benzene rings is 2. The summed E-state index contributed by atoms with van der Waals surface area (Å²) in [5.41, 5.74) is 3.68. The van der Waals surface area contributed by atoms with E-state index >= 15 is 0 Å². The van der Waals surface area contributed by atoms with E-state index in [4.69, 9.17) is 5.26 Å².